The van der Waals surface area contributed by atoms with Crippen molar-refractivity contribution < 1.29 is 0 Å². The Labute approximate surface area is 123 Å². The second kappa shape index (κ2) is 6.48. The van der Waals surface area contributed by atoms with Gasteiger partial charge in [0.2, 0.25) is 0 Å². The lowest BCUT2D eigenvalue weighted by Gasteiger charge is -1.93. The van der Waals surface area contributed by atoms with E-state index in [2.05, 4.69) is 27.1 Å². The summed E-state index contributed by atoms with van der Waals surface area (Å²) in [6.07, 6.45) is 5.49. The number of pyridine rings is 2. The van der Waals surface area contributed by atoms with Crippen molar-refractivity contribution >= 4 is 10.9 Å². The van der Waals surface area contributed by atoms with E-state index in [0.717, 1.165) is 16.9 Å². The number of benzene rings is 1. The number of nitrogens with zero attached hydrogens (tertiary/aromatic N) is 2. The molecule has 0 unspecified atom stereocenters. The second-order valence-electron chi connectivity index (χ2n) is 4.49. The van der Waals surface area contributed by atoms with Crippen molar-refractivity contribution in [3.63, 3.8) is 0 Å². The summed E-state index contributed by atoms with van der Waals surface area (Å²) in [5, 5.41) is 1.20. The zero-order chi connectivity index (χ0) is 14.3. The molecule has 0 bridgehead atoms. The Morgan fingerprint density at radius 3 is 2.24 bits per heavy atom. The van der Waals surface area contributed by atoms with Crippen LogP contribution in [0.4, 0.5) is 0 Å². The fraction of sp³-hybridized carbons (Fsp3) is 0. The zero-order valence-corrected chi connectivity index (χ0v) is 11.5. The zero-order valence-electron chi connectivity index (χ0n) is 11.5. The van der Waals surface area contributed by atoms with Gasteiger partial charge in [-0.05, 0) is 36.4 Å². The normalized spacial score (nSPS) is 9.90. The molecule has 4 rings (SSSR count). The van der Waals surface area contributed by atoms with E-state index in [-0.39, 0.29) is 0 Å². The van der Waals surface area contributed by atoms with Gasteiger partial charge in [-0.25, -0.2) is 0 Å². The molecule has 0 atom stereocenters. The minimum Gasteiger partial charge on any atom is -0.360 e. The highest BCUT2D eigenvalue weighted by molar-refractivity contribution is 5.77. The third kappa shape index (κ3) is 3.34. The Kier molecular flexibility index (Phi) is 4.03. The Bertz CT molecular complexity index is 727. The van der Waals surface area contributed by atoms with Gasteiger partial charge in [0, 0.05) is 24.0 Å². The summed E-state index contributed by atoms with van der Waals surface area (Å²) < 4.78 is 0. The first-order valence-electron chi connectivity index (χ1n) is 6.78. The van der Waals surface area contributed by atoms with Gasteiger partial charge in [0.25, 0.3) is 0 Å². The molecule has 3 aromatic heterocycles. The summed E-state index contributed by atoms with van der Waals surface area (Å²) in [6.45, 7) is 0. The topological polar surface area (TPSA) is 41.6 Å². The maximum Gasteiger partial charge on any atom is 0.0864 e. The van der Waals surface area contributed by atoms with E-state index in [0.29, 0.717) is 0 Å². The molecular weight excluding hydrogens is 258 g/mol. The summed E-state index contributed by atoms with van der Waals surface area (Å²) in [7, 11) is 0. The van der Waals surface area contributed by atoms with Gasteiger partial charge in [-0.15, -0.1) is 0 Å². The molecule has 0 aliphatic heterocycles. The van der Waals surface area contributed by atoms with E-state index in [1.165, 1.54) is 5.39 Å². The predicted molar refractivity (Wildman–Crippen MR) is 85.8 cm³/mol. The molecule has 3 nitrogen and oxygen atoms in total. The molecule has 0 radical (unpaired) electrons. The second-order valence-corrected chi connectivity index (χ2v) is 4.49. The maximum absolute atomic E-state index is 4.19. The van der Waals surface area contributed by atoms with Gasteiger partial charge in [-0.2, -0.15) is 0 Å². The van der Waals surface area contributed by atoms with Crippen molar-refractivity contribution in [3.05, 3.63) is 85.3 Å². The van der Waals surface area contributed by atoms with Crippen molar-refractivity contribution in [3.8, 4) is 11.4 Å². The number of aromatic nitrogens is 3. The average molecular weight is 273 g/mol. The lowest BCUT2D eigenvalue weighted by atomic mass is 10.2. The van der Waals surface area contributed by atoms with Crippen LogP contribution < -0.4 is 0 Å². The Morgan fingerprint density at radius 1 is 0.667 bits per heavy atom. The van der Waals surface area contributed by atoms with E-state index >= 15 is 0 Å². The molecule has 3 heteroatoms. The van der Waals surface area contributed by atoms with Crippen LogP contribution in [0.3, 0.4) is 0 Å². The largest absolute Gasteiger partial charge is 0.360 e. The number of para-hydroxylation sites is 1. The molecule has 3 heterocycles. The van der Waals surface area contributed by atoms with Crippen molar-refractivity contribution in [2.24, 2.45) is 0 Å². The molecule has 1 aromatic carbocycles. The SMILES string of the molecule is c1ccc(-c2ccc[nH]2)nc1.c1ccc2ncccc2c1. The van der Waals surface area contributed by atoms with Crippen LogP contribution in [0.5, 0.6) is 0 Å². The minimum atomic E-state index is 0.984. The lowest BCUT2D eigenvalue weighted by Crippen LogP contribution is -1.79. The highest BCUT2D eigenvalue weighted by atomic mass is 14.8. The van der Waals surface area contributed by atoms with E-state index in [4.69, 9.17) is 0 Å². The number of aromatic amines is 1. The predicted octanol–water partition coefficient (Wildman–Crippen LogP) is 4.31. The van der Waals surface area contributed by atoms with Crippen LogP contribution in [-0.2, 0) is 0 Å². The number of hydrogen-bond acceptors (Lipinski definition) is 2. The molecular formula is C18H15N3. The molecule has 1 N–H and O–H groups in total. The number of nitrogens with one attached hydrogen (secondary N) is 1. The molecule has 0 amide bonds. The third-order valence-corrected chi connectivity index (χ3v) is 3.05. The lowest BCUT2D eigenvalue weighted by molar-refractivity contribution is 1.28. The van der Waals surface area contributed by atoms with Crippen LogP contribution in [0.25, 0.3) is 22.3 Å². The van der Waals surface area contributed by atoms with E-state index in [9.17, 15) is 0 Å². The fourth-order valence-corrected chi connectivity index (χ4v) is 2.03. The van der Waals surface area contributed by atoms with E-state index in [1.54, 1.807) is 6.20 Å². The van der Waals surface area contributed by atoms with Crippen LogP contribution in [0, 0.1) is 0 Å². The van der Waals surface area contributed by atoms with Crippen LogP contribution in [0.15, 0.2) is 85.3 Å². The first-order chi connectivity index (χ1) is 10.4. The summed E-state index contributed by atoms with van der Waals surface area (Å²) in [5.74, 6) is 0. The Morgan fingerprint density at radius 2 is 1.48 bits per heavy atom. The number of fused-ring (bicyclic) bond motifs is 1. The summed E-state index contributed by atoms with van der Waals surface area (Å²) in [4.78, 5) is 11.5. The Hall–Kier alpha value is -2.94. The fourth-order valence-electron chi connectivity index (χ4n) is 2.03. The first kappa shape index (κ1) is 13.1. The molecule has 0 saturated heterocycles. The summed E-state index contributed by atoms with van der Waals surface area (Å²) in [6, 6.07) is 21.9. The first-order valence-corrected chi connectivity index (χ1v) is 6.78. The van der Waals surface area contributed by atoms with Crippen molar-refractivity contribution in [1.29, 1.82) is 0 Å². The third-order valence-electron chi connectivity index (χ3n) is 3.05. The van der Waals surface area contributed by atoms with Crippen molar-refractivity contribution in [2.45, 2.75) is 0 Å². The number of H-pyrrole nitrogens is 1. The molecule has 0 aliphatic rings. The molecule has 21 heavy (non-hydrogen) atoms. The van der Waals surface area contributed by atoms with Gasteiger partial charge >= 0.3 is 0 Å². The highest BCUT2D eigenvalue weighted by Gasteiger charge is 1.94. The van der Waals surface area contributed by atoms with Gasteiger partial charge in [-0.1, -0.05) is 30.3 Å². The molecule has 0 saturated carbocycles. The van der Waals surface area contributed by atoms with Gasteiger partial charge in [0.15, 0.2) is 0 Å². The molecule has 102 valence electrons. The highest BCUT2D eigenvalue weighted by Crippen LogP contribution is 2.11. The van der Waals surface area contributed by atoms with Gasteiger partial charge in [0.05, 0.1) is 16.9 Å². The summed E-state index contributed by atoms with van der Waals surface area (Å²) >= 11 is 0. The molecule has 0 aliphatic carbocycles. The van der Waals surface area contributed by atoms with Crippen molar-refractivity contribution in [2.75, 3.05) is 0 Å². The minimum absolute atomic E-state index is 0.984. The summed E-state index contributed by atoms with van der Waals surface area (Å²) in [5.41, 5.74) is 3.10. The van der Waals surface area contributed by atoms with E-state index in [1.807, 2.05) is 67.0 Å². The Balaban J connectivity index is 0.000000126. The quantitative estimate of drug-likeness (QED) is 0.561. The number of rotatable bonds is 1. The van der Waals surface area contributed by atoms with Crippen LogP contribution in [0.2, 0.25) is 0 Å². The van der Waals surface area contributed by atoms with Gasteiger partial charge in [0.1, 0.15) is 0 Å². The average Bonchev–Trinajstić information content (AvgIpc) is 3.11. The number of hydrogen-bond donors (Lipinski definition) is 1. The van der Waals surface area contributed by atoms with Crippen LogP contribution >= 0.6 is 0 Å². The molecule has 4 aromatic rings. The monoisotopic (exact) mass is 273 g/mol. The van der Waals surface area contributed by atoms with Gasteiger partial charge < -0.3 is 4.98 Å². The van der Waals surface area contributed by atoms with Crippen molar-refractivity contribution in [1.82, 2.24) is 15.0 Å². The smallest absolute Gasteiger partial charge is 0.0864 e. The standard InChI is InChI=1S/C9H8N2.C9H7N/c1-2-6-10-8(4-1)9-5-3-7-11-9;1-2-6-9-8(4-1)5-3-7-10-9/h1-7,11H;1-7H. The molecule has 0 spiro atoms. The molecule has 0 fully saturated rings. The van der Waals surface area contributed by atoms with Gasteiger partial charge in [-0.3, -0.25) is 9.97 Å². The van der Waals surface area contributed by atoms with Crippen LogP contribution in [-0.4, -0.2) is 15.0 Å². The van der Waals surface area contributed by atoms with E-state index < -0.39 is 0 Å². The maximum atomic E-state index is 4.19. The van der Waals surface area contributed by atoms with Crippen LogP contribution in [0.1, 0.15) is 0 Å².